The lowest BCUT2D eigenvalue weighted by Gasteiger charge is -2.38. The third-order valence-electron chi connectivity index (χ3n) is 6.60. The van der Waals surface area contributed by atoms with Gasteiger partial charge < -0.3 is 10.1 Å². The molecule has 0 saturated carbocycles. The summed E-state index contributed by atoms with van der Waals surface area (Å²) < 4.78 is 20.0. The molecule has 0 aromatic heterocycles. The van der Waals surface area contributed by atoms with Crippen LogP contribution in [0.4, 0.5) is 10.1 Å². The van der Waals surface area contributed by atoms with E-state index in [9.17, 15) is 19.2 Å². The van der Waals surface area contributed by atoms with Crippen LogP contribution in [0.25, 0.3) is 0 Å². The van der Waals surface area contributed by atoms with Gasteiger partial charge in [-0.25, -0.2) is 4.39 Å². The molecule has 0 radical (unpaired) electrons. The first-order valence-electron chi connectivity index (χ1n) is 10.8. The van der Waals surface area contributed by atoms with Gasteiger partial charge >= 0.3 is 0 Å². The van der Waals surface area contributed by atoms with E-state index in [1.54, 1.807) is 19.1 Å². The lowest BCUT2D eigenvalue weighted by Crippen LogP contribution is -2.47. The number of fused-ring (bicyclic) bond motifs is 2. The quantitative estimate of drug-likeness (QED) is 0.751. The maximum atomic E-state index is 14.2. The molecule has 166 valence electrons. The number of amides is 1. The van der Waals surface area contributed by atoms with Crippen LogP contribution in [-0.2, 0) is 21.4 Å². The number of rotatable bonds is 6. The number of ketones is 1. The molecule has 32 heavy (non-hydrogen) atoms. The Morgan fingerprint density at radius 3 is 2.72 bits per heavy atom. The molecule has 6 nitrogen and oxygen atoms in total. The number of likely N-dealkylation sites (tertiary alicyclic amines) is 1. The summed E-state index contributed by atoms with van der Waals surface area (Å²) in [5.41, 5.74) is 2.82. The summed E-state index contributed by atoms with van der Waals surface area (Å²) in [6, 6.07) is 10.6. The van der Waals surface area contributed by atoms with E-state index in [1.165, 1.54) is 13.0 Å². The van der Waals surface area contributed by atoms with Crippen molar-refractivity contribution in [2.45, 2.75) is 38.5 Å². The van der Waals surface area contributed by atoms with Gasteiger partial charge in [-0.2, -0.15) is 5.26 Å². The Kier molecular flexibility index (Phi) is 5.98. The van der Waals surface area contributed by atoms with Crippen LogP contribution in [0.2, 0.25) is 0 Å². The molecule has 4 rings (SSSR count). The molecule has 2 aromatic carbocycles. The number of piperidine rings is 1. The number of carbonyl (C=O) groups excluding carboxylic acids is 2. The Hall–Kier alpha value is -3.24. The van der Waals surface area contributed by atoms with E-state index in [0.717, 1.165) is 24.3 Å². The molecule has 2 aliphatic rings. The lowest BCUT2D eigenvalue weighted by molar-refractivity contribution is -0.122. The van der Waals surface area contributed by atoms with E-state index in [1.807, 2.05) is 12.1 Å². The monoisotopic (exact) mass is 435 g/mol. The fourth-order valence-electron chi connectivity index (χ4n) is 4.67. The first kappa shape index (κ1) is 22.0. The third kappa shape index (κ3) is 4.11. The van der Waals surface area contributed by atoms with E-state index in [2.05, 4.69) is 16.3 Å². The number of nitriles is 1. The van der Waals surface area contributed by atoms with Crippen LogP contribution >= 0.6 is 0 Å². The zero-order valence-electron chi connectivity index (χ0n) is 18.3. The molecule has 0 aliphatic carbocycles. The minimum Gasteiger partial charge on any atom is -0.492 e. The number of Topliss-reactive ketones (excluding diaryl/α,β-unsaturated/α-hetero) is 1. The Morgan fingerprint density at radius 2 is 2.03 bits per heavy atom. The van der Waals surface area contributed by atoms with Crippen LogP contribution in [0.15, 0.2) is 30.3 Å². The molecule has 0 bridgehead atoms. The molecular formula is C25H26FN3O3. The summed E-state index contributed by atoms with van der Waals surface area (Å²) in [4.78, 5) is 26.4. The first-order chi connectivity index (χ1) is 15.3. The fourth-order valence-corrected chi connectivity index (χ4v) is 4.67. The van der Waals surface area contributed by atoms with Crippen LogP contribution in [0, 0.1) is 24.1 Å². The summed E-state index contributed by atoms with van der Waals surface area (Å²) in [5.74, 6) is 0.0326. The number of carbonyl (C=O) groups is 2. The van der Waals surface area contributed by atoms with E-state index in [4.69, 9.17) is 4.74 Å². The number of nitrogens with one attached hydrogen (secondary N) is 1. The van der Waals surface area contributed by atoms with Gasteiger partial charge in [-0.3, -0.25) is 14.5 Å². The number of benzene rings is 2. The number of hydrogen-bond donors (Lipinski definition) is 1. The van der Waals surface area contributed by atoms with Gasteiger partial charge in [0.1, 0.15) is 24.0 Å². The Morgan fingerprint density at radius 1 is 1.28 bits per heavy atom. The van der Waals surface area contributed by atoms with Gasteiger partial charge in [-0.1, -0.05) is 0 Å². The summed E-state index contributed by atoms with van der Waals surface area (Å²) in [6.07, 6.45) is 1.52. The fraction of sp³-hybridized carbons (Fsp3) is 0.400. The molecule has 1 N–H and O–H groups in total. The van der Waals surface area contributed by atoms with Gasteiger partial charge in [0.05, 0.1) is 17.0 Å². The predicted octanol–water partition coefficient (Wildman–Crippen LogP) is 3.50. The Bertz CT molecular complexity index is 1110. The minimum absolute atomic E-state index is 0.00613. The van der Waals surface area contributed by atoms with Gasteiger partial charge in [-0.15, -0.1) is 0 Å². The first-order valence-corrected chi connectivity index (χ1v) is 10.8. The second-order valence-corrected chi connectivity index (χ2v) is 8.67. The summed E-state index contributed by atoms with van der Waals surface area (Å²) in [6.45, 7) is 5.64. The summed E-state index contributed by atoms with van der Waals surface area (Å²) in [5, 5.41) is 12.2. The Labute approximate surface area is 187 Å². The van der Waals surface area contributed by atoms with Crippen molar-refractivity contribution in [3.63, 3.8) is 0 Å². The molecule has 1 saturated heterocycles. The Balaban J connectivity index is 1.36. The number of ether oxygens (including phenoxy) is 1. The molecule has 2 aromatic rings. The SMILES string of the molecule is CC(=O)Cc1cc(OCCN2CCC3(CC2)C(=O)Nc2ccc(C#N)cc23)cc(F)c1C. The topological polar surface area (TPSA) is 82.4 Å². The predicted molar refractivity (Wildman–Crippen MR) is 118 cm³/mol. The van der Waals surface area contributed by atoms with Crippen LogP contribution in [0.5, 0.6) is 5.75 Å². The maximum absolute atomic E-state index is 14.2. The van der Waals surface area contributed by atoms with E-state index >= 15 is 0 Å². The standard InChI is InChI=1S/C25H26FN3O3/c1-16(30)11-19-13-20(14-22(26)17(19)2)32-10-9-29-7-5-25(6-8-29)21-12-18(15-27)3-4-23(21)28-24(25)31/h3-4,12-14H,5-11H2,1-2H3,(H,28,31). The highest BCUT2D eigenvalue weighted by Crippen LogP contribution is 2.45. The van der Waals surface area contributed by atoms with E-state index in [0.29, 0.717) is 48.4 Å². The van der Waals surface area contributed by atoms with Gasteiger partial charge in [0.25, 0.3) is 0 Å². The van der Waals surface area contributed by atoms with Crippen molar-refractivity contribution in [3.8, 4) is 11.8 Å². The number of anilines is 1. The highest BCUT2D eigenvalue weighted by molar-refractivity contribution is 6.06. The van der Waals surface area contributed by atoms with Crippen molar-refractivity contribution in [2.24, 2.45) is 0 Å². The average molecular weight is 435 g/mol. The van der Waals surface area contributed by atoms with E-state index < -0.39 is 5.41 Å². The lowest BCUT2D eigenvalue weighted by atomic mass is 9.73. The van der Waals surface area contributed by atoms with Crippen LogP contribution < -0.4 is 10.1 Å². The molecule has 1 fully saturated rings. The van der Waals surface area contributed by atoms with Crippen molar-refractivity contribution in [2.75, 3.05) is 31.6 Å². The second-order valence-electron chi connectivity index (χ2n) is 8.67. The van der Waals surface area contributed by atoms with Crippen molar-refractivity contribution >= 4 is 17.4 Å². The molecular weight excluding hydrogens is 409 g/mol. The minimum atomic E-state index is -0.582. The van der Waals surface area contributed by atoms with Crippen molar-refractivity contribution in [1.29, 1.82) is 5.26 Å². The molecule has 2 aliphatic heterocycles. The number of halogens is 1. The van der Waals surface area contributed by atoms with Crippen LogP contribution in [0.1, 0.15) is 42.0 Å². The zero-order valence-corrected chi connectivity index (χ0v) is 18.3. The molecule has 1 amide bonds. The van der Waals surface area contributed by atoms with Gasteiger partial charge in [0.2, 0.25) is 5.91 Å². The zero-order chi connectivity index (χ0) is 22.9. The van der Waals surface area contributed by atoms with Crippen molar-refractivity contribution in [1.82, 2.24) is 4.90 Å². The van der Waals surface area contributed by atoms with Gasteiger partial charge in [-0.05, 0) is 80.7 Å². The number of nitrogens with zero attached hydrogens (tertiary/aromatic N) is 2. The molecule has 2 heterocycles. The van der Waals surface area contributed by atoms with E-state index in [-0.39, 0.29) is 23.9 Å². The third-order valence-corrected chi connectivity index (χ3v) is 6.60. The van der Waals surface area contributed by atoms with Crippen LogP contribution in [0.3, 0.4) is 0 Å². The molecule has 0 atom stereocenters. The maximum Gasteiger partial charge on any atom is 0.235 e. The molecule has 7 heteroatoms. The average Bonchev–Trinajstić information content (AvgIpc) is 3.03. The second kappa shape index (κ2) is 8.71. The van der Waals surface area contributed by atoms with Gasteiger partial charge in [0, 0.05) is 24.7 Å². The summed E-state index contributed by atoms with van der Waals surface area (Å²) >= 11 is 0. The van der Waals surface area contributed by atoms with Crippen molar-refractivity contribution < 1.29 is 18.7 Å². The molecule has 1 spiro atoms. The van der Waals surface area contributed by atoms with Gasteiger partial charge in [0.15, 0.2) is 0 Å². The van der Waals surface area contributed by atoms with Crippen molar-refractivity contribution in [3.05, 3.63) is 58.4 Å². The smallest absolute Gasteiger partial charge is 0.235 e. The highest BCUT2D eigenvalue weighted by Gasteiger charge is 2.48. The molecule has 0 unspecified atom stereocenters. The normalized spacial score (nSPS) is 17.0. The largest absolute Gasteiger partial charge is 0.492 e. The van der Waals surface area contributed by atoms with Crippen LogP contribution in [-0.4, -0.2) is 42.8 Å². The summed E-state index contributed by atoms with van der Waals surface area (Å²) in [7, 11) is 0. The number of hydrogen-bond acceptors (Lipinski definition) is 5. The highest BCUT2D eigenvalue weighted by atomic mass is 19.1.